The fourth-order valence-electron chi connectivity index (χ4n) is 2.83. The Balaban J connectivity index is 2.12. The normalized spacial score (nSPS) is 22.0. The summed E-state index contributed by atoms with van der Waals surface area (Å²) >= 11 is -2.31. The summed E-state index contributed by atoms with van der Waals surface area (Å²) in [6, 6.07) is 4.47. The molecule has 2 unspecified atom stereocenters. The van der Waals surface area contributed by atoms with Crippen LogP contribution in [0.25, 0.3) is 10.9 Å². The molecule has 8 heteroatoms. The number of hydrogen-bond donors (Lipinski definition) is 0. The molecule has 0 spiro atoms. The van der Waals surface area contributed by atoms with Crippen molar-refractivity contribution in [3.8, 4) is 0 Å². The van der Waals surface area contributed by atoms with Crippen molar-refractivity contribution in [3.05, 3.63) is 30.2 Å². The van der Waals surface area contributed by atoms with E-state index in [1.54, 1.807) is 19.2 Å². The number of nitrogens with zero attached hydrogens (tertiary/aromatic N) is 1. The highest BCUT2D eigenvalue weighted by atomic mass is 32.2. The van der Waals surface area contributed by atoms with Crippen molar-refractivity contribution in [2.75, 3.05) is 0 Å². The zero-order chi connectivity index (χ0) is 17.9. The van der Waals surface area contributed by atoms with Crippen molar-refractivity contribution in [1.29, 1.82) is 0 Å². The predicted molar refractivity (Wildman–Crippen MR) is 91.2 cm³/mol. The van der Waals surface area contributed by atoms with Gasteiger partial charge in [-0.05, 0) is 74.7 Å². The molecule has 0 aliphatic carbocycles. The van der Waals surface area contributed by atoms with Crippen molar-refractivity contribution in [3.63, 3.8) is 0 Å². The zero-order valence-corrected chi connectivity index (χ0v) is 15.1. The SMILES string of the molecule is CC(n1ccc2c(B3OC(C)(C)C(C)(C)O3)cc(F)cc21)S(=O)[O-]. The van der Waals surface area contributed by atoms with Crippen LogP contribution in [0, 0.1) is 5.82 Å². The first-order chi connectivity index (χ1) is 11.0. The molecule has 0 bridgehead atoms. The van der Waals surface area contributed by atoms with E-state index in [-0.39, 0.29) is 0 Å². The summed E-state index contributed by atoms with van der Waals surface area (Å²) in [5, 5.41) is -0.0809. The highest BCUT2D eigenvalue weighted by molar-refractivity contribution is 7.79. The van der Waals surface area contributed by atoms with Gasteiger partial charge in [0.25, 0.3) is 0 Å². The summed E-state index contributed by atoms with van der Waals surface area (Å²) < 4.78 is 50.3. The summed E-state index contributed by atoms with van der Waals surface area (Å²) in [6.45, 7) is 9.26. The van der Waals surface area contributed by atoms with E-state index in [0.717, 1.165) is 0 Å². The van der Waals surface area contributed by atoms with Gasteiger partial charge in [-0.2, -0.15) is 0 Å². The van der Waals surface area contributed by atoms with Gasteiger partial charge in [0.1, 0.15) is 5.82 Å². The second-order valence-corrected chi connectivity index (χ2v) is 8.30. The minimum absolute atomic E-state index is 0.462. The van der Waals surface area contributed by atoms with Crippen molar-refractivity contribution < 1.29 is 22.5 Å². The summed E-state index contributed by atoms with van der Waals surface area (Å²) in [6.07, 6.45) is 1.64. The van der Waals surface area contributed by atoms with E-state index >= 15 is 0 Å². The number of halogens is 1. The Morgan fingerprint density at radius 2 is 1.83 bits per heavy atom. The van der Waals surface area contributed by atoms with Gasteiger partial charge in [-0.25, -0.2) is 4.39 Å². The minimum Gasteiger partial charge on any atom is -0.771 e. The van der Waals surface area contributed by atoms with E-state index in [1.807, 2.05) is 27.7 Å². The molecule has 1 aromatic carbocycles. The number of rotatable bonds is 3. The van der Waals surface area contributed by atoms with Crippen LogP contribution in [0.1, 0.15) is 40.0 Å². The van der Waals surface area contributed by atoms with Crippen LogP contribution >= 0.6 is 0 Å². The van der Waals surface area contributed by atoms with Crippen LogP contribution in [-0.4, -0.2) is 31.6 Å². The lowest BCUT2D eigenvalue weighted by atomic mass is 9.77. The monoisotopic (exact) mass is 352 g/mol. The first kappa shape index (κ1) is 17.6. The third-order valence-corrected chi connectivity index (χ3v) is 5.80. The average molecular weight is 352 g/mol. The fraction of sp³-hybridized carbons (Fsp3) is 0.500. The van der Waals surface area contributed by atoms with Gasteiger partial charge in [0.05, 0.1) is 22.1 Å². The van der Waals surface area contributed by atoms with E-state index in [4.69, 9.17) is 9.31 Å². The molecule has 1 aliphatic heterocycles. The summed E-state index contributed by atoms with van der Waals surface area (Å²) in [4.78, 5) is 0. The fourth-order valence-corrected chi connectivity index (χ4v) is 3.20. The molecule has 0 amide bonds. The quantitative estimate of drug-likeness (QED) is 0.629. The molecule has 1 aliphatic rings. The highest BCUT2D eigenvalue weighted by Crippen LogP contribution is 2.37. The highest BCUT2D eigenvalue weighted by Gasteiger charge is 2.52. The summed E-state index contributed by atoms with van der Waals surface area (Å²) in [7, 11) is -0.711. The van der Waals surface area contributed by atoms with Crippen LogP contribution in [0.4, 0.5) is 4.39 Å². The zero-order valence-electron chi connectivity index (χ0n) is 14.3. The Labute approximate surface area is 143 Å². The predicted octanol–water partition coefficient (Wildman–Crippen LogP) is 2.48. The van der Waals surface area contributed by atoms with E-state index in [1.165, 1.54) is 16.7 Å². The van der Waals surface area contributed by atoms with Crippen molar-refractivity contribution in [2.45, 2.75) is 51.2 Å². The molecular formula is C16H20BFNO4S-. The second-order valence-electron chi connectivity index (χ2n) is 7.10. The van der Waals surface area contributed by atoms with Crippen molar-refractivity contribution >= 4 is 34.6 Å². The van der Waals surface area contributed by atoms with Crippen LogP contribution < -0.4 is 5.46 Å². The van der Waals surface area contributed by atoms with Crippen molar-refractivity contribution in [1.82, 2.24) is 4.57 Å². The van der Waals surface area contributed by atoms with Gasteiger partial charge in [0, 0.05) is 6.20 Å². The lowest BCUT2D eigenvalue weighted by Gasteiger charge is -2.32. The van der Waals surface area contributed by atoms with Gasteiger partial charge < -0.3 is 18.4 Å². The molecule has 1 fully saturated rings. The maximum Gasteiger partial charge on any atom is 0.495 e. The molecule has 0 saturated carbocycles. The Bertz CT molecular complexity index is 804. The van der Waals surface area contributed by atoms with E-state index < -0.39 is 40.6 Å². The lowest BCUT2D eigenvalue weighted by Crippen LogP contribution is -2.41. The molecule has 0 N–H and O–H groups in total. The molecule has 1 aromatic heterocycles. The van der Waals surface area contributed by atoms with Crippen LogP contribution in [0.15, 0.2) is 24.4 Å². The Kier molecular flexibility index (Phi) is 4.15. The van der Waals surface area contributed by atoms with Crippen molar-refractivity contribution in [2.24, 2.45) is 0 Å². The Morgan fingerprint density at radius 3 is 2.38 bits per heavy atom. The average Bonchev–Trinajstić information content (AvgIpc) is 2.95. The lowest BCUT2D eigenvalue weighted by molar-refractivity contribution is 0.00578. The van der Waals surface area contributed by atoms with Gasteiger partial charge in [0.15, 0.2) is 0 Å². The standard InChI is InChI=1S/C16H21BFNO4S/c1-10(24(20)21)19-7-6-12-13(8-11(18)9-14(12)19)17-22-15(2,3)16(4,5)23-17/h6-10H,1-5H3,(H,20,21)/p-1. The number of aromatic nitrogens is 1. The van der Waals surface area contributed by atoms with Crippen LogP contribution in [-0.2, 0) is 20.4 Å². The van der Waals surface area contributed by atoms with Crippen LogP contribution in [0.2, 0.25) is 0 Å². The Hall–Kier alpha value is -1.22. The Morgan fingerprint density at radius 1 is 1.25 bits per heavy atom. The number of benzene rings is 1. The molecule has 1 saturated heterocycles. The number of fused-ring (bicyclic) bond motifs is 1. The maximum absolute atomic E-state index is 14.2. The first-order valence-electron chi connectivity index (χ1n) is 7.77. The number of hydrogen-bond acceptors (Lipinski definition) is 4. The molecule has 130 valence electrons. The third-order valence-electron chi connectivity index (χ3n) is 5.01. The van der Waals surface area contributed by atoms with E-state index in [2.05, 4.69) is 0 Å². The smallest absolute Gasteiger partial charge is 0.495 e. The van der Waals surface area contributed by atoms with Crippen LogP contribution in [0.3, 0.4) is 0 Å². The topological polar surface area (TPSA) is 63.5 Å². The van der Waals surface area contributed by atoms with Gasteiger partial charge in [-0.1, -0.05) is 0 Å². The molecule has 5 nitrogen and oxygen atoms in total. The molecule has 0 radical (unpaired) electrons. The van der Waals surface area contributed by atoms with Gasteiger partial charge in [-0.3, -0.25) is 4.21 Å². The maximum atomic E-state index is 14.2. The van der Waals surface area contributed by atoms with Gasteiger partial charge >= 0.3 is 7.12 Å². The molecule has 2 aromatic rings. The molecule has 2 atom stereocenters. The van der Waals surface area contributed by atoms with E-state index in [0.29, 0.717) is 16.4 Å². The van der Waals surface area contributed by atoms with Gasteiger partial charge in [0.2, 0.25) is 0 Å². The first-order valence-corrected chi connectivity index (χ1v) is 8.91. The molecule has 2 heterocycles. The molecular weight excluding hydrogens is 332 g/mol. The molecule has 3 rings (SSSR count). The van der Waals surface area contributed by atoms with E-state index in [9.17, 15) is 13.2 Å². The third kappa shape index (κ3) is 2.71. The minimum atomic E-state index is -2.31. The summed E-state index contributed by atoms with van der Waals surface area (Å²) in [5.74, 6) is -0.462. The largest absolute Gasteiger partial charge is 0.771 e. The second kappa shape index (κ2) is 5.66. The van der Waals surface area contributed by atoms with Gasteiger partial charge in [-0.15, -0.1) is 0 Å². The summed E-state index contributed by atoms with van der Waals surface area (Å²) in [5.41, 5.74) is -0.0200. The van der Waals surface area contributed by atoms with Crippen LogP contribution in [0.5, 0.6) is 0 Å². The molecule has 24 heavy (non-hydrogen) atoms.